The Balaban J connectivity index is 3.14. The SMILES string of the molecule is NC(=NO)c1ccncc1Br. The largest absolute Gasteiger partial charge is 0.409 e. The minimum absolute atomic E-state index is 0.0688. The van der Waals surface area contributed by atoms with Gasteiger partial charge >= 0.3 is 0 Å². The van der Waals surface area contributed by atoms with E-state index >= 15 is 0 Å². The maximum absolute atomic E-state index is 8.33. The maximum atomic E-state index is 8.33. The predicted octanol–water partition coefficient (Wildman–Crippen LogP) is 0.939. The van der Waals surface area contributed by atoms with Crippen molar-refractivity contribution in [1.29, 1.82) is 0 Å². The number of rotatable bonds is 1. The summed E-state index contributed by atoms with van der Waals surface area (Å²) in [5, 5.41) is 11.2. The van der Waals surface area contributed by atoms with Crippen LogP contribution in [0.1, 0.15) is 5.56 Å². The number of nitrogens with two attached hydrogens (primary N) is 1. The van der Waals surface area contributed by atoms with Crippen LogP contribution < -0.4 is 5.73 Å². The van der Waals surface area contributed by atoms with Crippen LogP contribution in [0, 0.1) is 0 Å². The van der Waals surface area contributed by atoms with Gasteiger partial charge in [-0.3, -0.25) is 4.98 Å². The molecule has 0 amide bonds. The van der Waals surface area contributed by atoms with E-state index in [1.54, 1.807) is 18.5 Å². The third kappa shape index (κ3) is 1.68. The summed E-state index contributed by atoms with van der Waals surface area (Å²) >= 11 is 3.20. The molecular formula is C6H6BrN3O. The van der Waals surface area contributed by atoms with E-state index in [9.17, 15) is 0 Å². The Kier molecular flexibility index (Phi) is 2.43. The van der Waals surface area contributed by atoms with Gasteiger partial charge in [-0.25, -0.2) is 0 Å². The van der Waals surface area contributed by atoms with Crippen molar-refractivity contribution in [1.82, 2.24) is 4.98 Å². The summed E-state index contributed by atoms with van der Waals surface area (Å²) in [4.78, 5) is 3.82. The highest BCUT2D eigenvalue weighted by Crippen LogP contribution is 2.13. The normalized spacial score (nSPS) is 11.5. The highest BCUT2D eigenvalue weighted by atomic mass is 79.9. The van der Waals surface area contributed by atoms with E-state index in [4.69, 9.17) is 10.9 Å². The first-order chi connectivity index (χ1) is 5.25. The van der Waals surface area contributed by atoms with E-state index in [2.05, 4.69) is 26.1 Å². The van der Waals surface area contributed by atoms with Gasteiger partial charge in [-0.1, -0.05) is 5.16 Å². The van der Waals surface area contributed by atoms with Crippen molar-refractivity contribution >= 4 is 21.8 Å². The van der Waals surface area contributed by atoms with Gasteiger partial charge in [0.2, 0.25) is 0 Å². The van der Waals surface area contributed by atoms with Crippen molar-refractivity contribution in [2.24, 2.45) is 10.9 Å². The van der Waals surface area contributed by atoms with E-state index < -0.39 is 0 Å². The molecule has 0 atom stereocenters. The Morgan fingerprint density at radius 1 is 1.73 bits per heavy atom. The minimum atomic E-state index is 0.0688. The Morgan fingerprint density at radius 3 is 3.00 bits per heavy atom. The Bertz CT molecular complexity index is 287. The number of amidine groups is 1. The van der Waals surface area contributed by atoms with Gasteiger partial charge in [0.05, 0.1) is 0 Å². The quantitative estimate of drug-likeness (QED) is 0.317. The van der Waals surface area contributed by atoms with Crippen molar-refractivity contribution in [2.75, 3.05) is 0 Å². The molecule has 0 fully saturated rings. The summed E-state index contributed by atoms with van der Waals surface area (Å²) in [5.41, 5.74) is 5.96. The van der Waals surface area contributed by atoms with Crippen LogP contribution in [0.4, 0.5) is 0 Å². The van der Waals surface area contributed by atoms with Crippen molar-refractivity contribution in [2.45, 2.75) is 0 Å². The van der Waals surface area contributed by atoms with Gasteiger partial charge in [-0.15, -0.1) is 0 Å². The third-order valence-corrected chi connectivity index (χ3v) is 1.79. The number of pyridine rings is 1. The Hall–Kier alpha value is -1.10. The number of nitrogens with zero attached hydrogens (tertiary/aromatic N) is 2. The van der Waals surface area contributed by atoms with Crippen LogP contribution >= 0.6 is 15.9 Å². The fourth-order valence-electron chi connectivity index (χ4n) is 0.637. The Morgan fingerprint density at radius 2 is 2.45 bits per heavy atom. The van der Waals surface area contributed by atoms with Crippen LogP contribution in [0.5, 0.6) is 0 Å². The predicted molar refractivity (Wildman–Crippen MR) is 44.4 cm³/mol. The molecule has 0 aliphatic heterocycles. The first-order valence-corrected chi connectivity index (χ1v) is 3.62. The van der Waals surface area contributed by atoms with E-state index in [-0.39, 0.29) is 5.84 Å². The zero-order valence-corrected chi connectivity index (χ0v) is 7.12. The first-order valence-electron chi connectivity index (χ1n) is 2.83. The lowest BCUT2D eigenvalue weighted by Crippen LogP contribution is -2.13. The van der Waals surface area contributed by atoms with Crippen LogP contribution in [0.3, 0.4) is 0 Å². The fourth-order valence-corrected chi connectivity index (χ4v) is 1.09. The number of oxime groups is 1. The van der Waals surface area contributed by atoms with Crippen molar-refractivity contribution in [3.63, 3.8) is 0 Å². The molecule has 0 aliphatic carbocycles. The number of aromatic nitrogens is 1. The standard InChI is InChI=1S/C6H6BrN3O/c7-5-3-9-2-1-4(5)6(8)10-11/h1-3,11H,(H2,8,10). The average Bonchev–Trinajstić information content (AvgIpc) is 2.04. The van der Waals surface area contributed by atoms with Crippen molar-refractivity contribution < 1.29 is 5.21 Å². The van der Waals surface area contributed by atoms with Crippen LogP contribution in [0.2, 0.25) is 0 Å². The summed E-state index contributed by atoms with van der Waals surface area (Å²) in [5.74, 6) is 0.0688. The molecule has 0 aromatic carbocycles. The second-order valence-corrected chi connectivity index (χ2v) is 2.70. The van der Waals surface area contributed by atoms with Crippen molar-refractivity contribution in [3.05, 3.63) is 28.5 Å². The van der Waals surface area contributed by atoms with Gasteiger partial charge in [0.15, 0.2) is 5.84 Å². The molecule has 0 unspecified atom stereocenters. The van der Waals surface area contributed by atoms with Crippen molar-refractivity contribution in [3.8, 4) is 0 Å². The van der Waals surface area contributed by atoms with Gasteiger partial charge in [-0.05, 0) is 22.0 Å². The molecule has 0 aliphatic rings. The third-order valence-electron chi connectivity index (χ3n) is 1.16. The number of hydrogen-bond donors (Lipinski definition) is 2. The second kappa shape index (κ2) is 3.34. The highest BCUT2D eigenvalue weighted by Gasteiger charge is 2.02. The van der Waals surface area contributed by atoms with Gasteiger partial charge in [-0.2, -0.15) is 0 Å². The van der Waals surface area contributed by atoms with Crippen LogP contribution in [0.25, 0.3) is 0 Å². The van der Waals surface area contributed by atoms with Gasteiger partial charge < -0.3 is 10.9 Å². The lowest BCUT2D eigenvalue weighted by Gasteiger charge is -1.98. The van der Waals surface area contributed by atoms with E-state index in [0.717, 1.165) is 0 Å². The monoisotopic (exact) mass is 215 g/mol. The minimum Gasteiger partial charge on any atom is -0.409 e. The average molecular weight is 216 g/mol. The summed E-state index contributed by atoms with van der Waals surface area (Å²) in [7, 11) is 0. The topological polar surface area (TPSA) is 71.5 Å². The van der Waals surface area contributed by atoms with E-state index in [0.29, 0.717) is 10.0 Å². The van der Waals surface area contributed by atoms with E-state index in [1.165, 1.54) is 0 Å². The molecule has 3 N–H and O–H groups in total. The molecular weight excluding hydrogens is 210 g/mol. The molecule has 0 spiro atoms. The lowest BCUT2D eigenvalue weighted by molar-refractivity contribution is 0.318. The fraction of sp³-hybridized carbons (Fsp3) is 0. The van der Waals surface area contributed by atoms with Crippen LogP contribution in [-0.2, 0) is 0 Å². The molecule has 0 radical (unpaired) electrons. The Labute approximate surface area is 71.9 Å². The smallest absolute Gasteiger partial charge is 0.171 e. The number of halogens is 1. The highest BCUT2D eigenvalue weighted by molar-refractivity contribution is 9.10. The first kappa shape index (κ1) is 8.00. The van der Waals surface area contributed by atoms with Gasteiger partial charge in [0, 0.05) is 22.4 Å². The molecule has 58 valence electrons. The van der Waals surface area contributed by atoms with E-state index in [1.807, 2.05) is 0 Å². The van der Waals surface area contributed by atoms with Gasteiger partial charge in [0.1, 0.15) is 0 Å². The van der Waals surface area contributed by atoms with Crippen LogP contribution in [-0.4, -0.2) is 16.0 Å². The molecule has 0 bridgehead atoms. The summed E-state index contributed by atoms with van der Waals surface area (Å²) in [6.07, 6.45) is 3.14. The molecule has 1 heterocycles. The molecule has 1 aromatic heterocycles. The molecule has 0 saturated carbocycles. The second-order valence-electron chi connectivity index (χ2n) is 1.84. The summed E-state index contributed by atoms with van der Waals surface area (Å²) in [6.45, 7) is 0. The molecule has 5 heteroatoms. The number of hydrogen-bond acceptors (Lipinski definition) is 3. The molecule has 0 saturated heterocycles. The summed E-state index contributed by atoms with van der Waals surface area (Å²) in [6, 6.07) is 1.65. The molecule has 11 heavy (non-hydrogen) atoms. The molecule has 1 aromatic rings. The maximum Gasteiger partial charge on any atom is 0.171 e. The lowest BCUT2D eigenvalue weighted by atomic mass is 10.2. The molecule has 4 nitrogen and oxygen atoms in total. The zero-order valence-electron chi connectivity index (χ0n) is 5.53. The zero-order chi connectivity index (χ0) is 8.27. The van der Waals surface area contributed by atoms with Crippen LogP contribution in [0.15, 0.2) is 28.1 Å². The van der Waals surface area contributed by atoms with Gasteiger partial charge in [0.25, 0.3) is 0 Å². The summed E-state index contributed by atoms with van der Waals surface area (Å²) < 4.78 is 0.704. The molecule has 1 rings (SSSR count).